The van der Waals surface area contributed by atoms with E-state index in [-0.39, 0.29) is 11.9 Å². The number of anilines is 1. The summed E-state index contributed by atoms with van der Waals surface area (Å²) in [7, 11) is 0. The Bertz CT molecular complexity index is 712. The molecule has 2 aliphatic rings. The lowest BCUT2D eigenvalue weighted by Crippen LogP contribution is -2.45. The molecule has 1 aromatic heterocycles. The van der Waals surface area contributed by atoms with Gasteiger partial charge >= 0.3 is 0 Å². The van der Waals surface area contributed by atoms with Crippen molar-refractivity contribution in [3.05, 3.63) is 36.5 Å². The van der Waals surface area contributed by atoms with Crippen molar-refractivity contribution >= 4 is 11.7 Å². The fraction of sp³-hybridized carbons (Fsp3) is 0.500. The number of rotatable bonds is 4. The van der Waals surface area contributed by atoms with Crippen LogP contribution < -0.4 is 5.32 Å². The van der Waals surface area contributed by atoms with Crippen molar-refractivity contribution in [3.63, 3.8) is 0 Å². The fourth-order valence-corrected chi connectivity index (χ4v) is 3.45. The van der Waals surface area contributed by atoms with Crippen molar-refractivity contribution in [2.24, 2.45) is 5.41 Å². The van der Waals surface area contributed by atoms with Gasteiger partial charge in [-0.1, -0.05) is 18.2 Å². The third-order valence-corrected chi connectivity index (χ3v) is 5.31. The van der Waals surface area contributed by atoms with Crippen LogP contribution in [0.1, 0.15) is 32.6 Å². The summed E-state index contributed by atoms with van der Waals surface area (Å²) in [6.45, 7) is 3.68. The summed E-state index contributed by atoms with van der Waals surface area (Å²) in [5.74, 6) is 0.773. The van der Waals surface area contributed by atoms with E-state index in [1.807, 2.05) is 42.2 Å². The van der Waals surface area contributed by atoms with E-state index in [1.165, 1.54) is 12.8 Å². The van der Waals surface area contributed by atoms with Crippen LogP contribution in [0.2, 0.25) is 0 Å². The summed E-state index contributed by atoms with van der Waals surface area (Å²) in [5.41, 5.74) is 1.49. The number of carbonyl (C=O) groups excluding carboxylic acids is 1. The summed E-state index contributed by atoms with van der Waals surface area (Å²) in [4.78, 5) is 16.2. The predicted molar refractivity (Wildman–Crippen MR) is 91.9 cm³/mol. The molecule has 2 heterocycles. The number of hydrogen-bond donors (Lipinski definition) is 1. The van der Waals surface area contributed by atoms with Crippen molar-refractivity contribution < 1.29 is 4.79 Å². The van der Waals surface area contributed by atoms with E-state index >= 15 is 0 Å². The van der Waals surface area contributed by atoms with Crippen molar-refractivity contribution in [1.82, 2.24) is 19.9 Å². The highest BCUT2D eigenvalue weighted by Gasteiger charge is 2.45. The first-order valence-corrected chi connectivity index (χ1v) is 8.68. The molecule has 0 bridgehead atoms. The number of benzene rings is 1. The number of nitrogens with one attached hydrogen (secondary N) is 1. The molecule has 1 atom stereocenters. The fourth-order valence-electron chi connectivity index (χ4n) is 3.45. The largest absolute Gasteiger partial charge is 0.356 e. The van der Waals surface area contributed by atoms with Crippen LogP contribution in [0.15, 0.2) is 36.5 Å². The minimum atomic E-state index is -0.292. The minimum absolute atomic E-state index is 0.153. The maximum Gasteiger partial charge on any atom is 0.244 e. The molecule has 1 saturated heterocycles. The van der Waals surface area contributed by atoms with Crippen molar-refractivity contribution in [2.45, 2.75) is 38.6 Å². The van der Waals surface area contributed by atoms with Crippen LogP contribution in [0, 0.1) is 5.41 Å². The lowest BCUT2D eigenvalue weighted by atomic mass is 9.93. The molecule has 1 amide bonds. The molecule has 126 valence electrons. The summed E-state index contributed by atoms with van der Waals surface area (Å²) in [5, 5.41) is 11.8. The number of hydrogen-bond acceptors (Lipinski definition) is 4. The highest BCUT2D eigenvalue weighted by molar-refractivity contribution is 5.84. The second kappa shape index (κ2) is 5.92. The Labute approximate surface area is 141 Å². The lowest BCUT2D eigenvalue weighted by molar-refractivity contribution is -0.133. The molecule has 1 spiro atoms. The van der Waals surface area contributed by atoms with Gasteiger partial charge < -0.3 is 10.2 Å². The number of piperidine rings is 1. The van der Waals surface area contributed by atoms with E-state index in [1.54, 1.807) is 11.0 Å². The van der Waals surface area contributed by atoms with E-state index < -0.39 is 0 Å². The van der Waals surface area contributed by atoms with Gasteiger partial charge in [0.05, 0.1) is 11.9 Å². The van der Waals surface area contributed by atoms with E-state index in [0.29, 0.717) is 11.2 Å². The molecule has 2 fully saturated rings. The molecule has 6 nitrogen and oxygen atoms in total. The van der Waals surface area contributed by atoms with E-state index in [2.05, 4.69) is 15.5 Å². The Hall–Kier alpha value is -2.37. The molecule has 1 aliphatic heterocycles. The Morgan fingerprint density at radius 2 is 1.88 bits per heavy atom. The Morgan fingerprint density at radius 1 is 1.17 bits per heavy atom. The number of aromatic nitrogens is 3. The predicted octanol–water partition coefficient (Wildman–Crippen LogP) is 2.47. The number of para-hydroxylation sites is 1. The van der Waals surface area contributed by atoms with E-state index in [4.69, 9.17) is 0 Å². The zero-order chi connectivity index (χ0) is 16.6. The first-order chi connectivity index (χ1) is 11.7. The molecule has 24 heavy (non-hydrogen) atoms. The average Bonchev–Trinajstić information content (AvgIpc) is 3.20. The molecule has 6 heteroatoms. The van der Waals surface area contributed by atoms with Crippen LogP contribution in [0.3, 0.4) is 0 Å². The monoisotopic (exact) mass is 325 g/mol. The molecular formula is C18H23N5O. The van der Waals surface area contributed by atoms with Crippen molar-refractivity contribution in [1.29, 1.82) is 0 Å². The number of nitrogens with zero attached hydrogens (tertiary/aromatic N) is 4. The highest BCUT2D eigenvalue weighted by Crippen LogP contribution is 2.53. The molecule has 1 aromatic carbocycles. The number of likely N-dealkylation sites (tertiary alicyclic amines) is 1. The van der Waals surface area contributed by atoms with Gasteiger partial charge in [0.1, 0.15) is 6.04 Å². The summed E-state index contributed by atoms with van der Waals surface area (Å²) in [6, 6.07) is 9.44. The van der Waals surface area contributed by atoms with Gasteiger partial charge in [0.2, 0.25) is 5.91 Å². The summed E-state index contributed by atoms with van der Waals surface area (Å²) in [6.07, 6.45) is 6.69. The molecular weight excluding hydrogens is 302 g/mol. The standard InChI is InChI=1S/C18H23N5O/c1-14(17(24)22-11-9-18(7-8-18)10-12-22)20-16-13-19-23(21-16)15-5-3-2-4-6-15/h2-6,13-14H,7-12H2,1H3,(H,20,21)/t14-/m1/s1. The van der Waals surface area contributed by atoms with Gasteiger partial charge in [0, 0.05) is 13.1 Å². The van der Waals surface area contributed by atoms with E-state index in [0.717, 1.165) is 31.6 Å². The van der Waals surface area contributed by atoms with Crippen molar-refractivity contribution in [3.8, 4) is 5.69 Å². The normalized spacial score (nSPS) is 20.0. The van der Waals surface area contributed by atoms with E-state index in [9.17, 15) is 4.79 Å². The van der Waals surface area contributed by atoms with Crippen LogP contribution in [-0.2, 0) is 4.79 Å². The molecule has 1 N–H and O–H groups in total. The second-order valence-electron chi connectivity index (χ2n) is 7.05. The zero-order valence-electron chi connectivity index (χ0n) is 14.0. The Kier molecular flexibility index (Phi) is 3.75. The van der Waals surface area contributed by atoms with Gasteiger partial charge in [-0.25, -0.2) is 0 Å². The van der Waals surface area contributed by atoms with Gasteiger partial charge in [-0.15, -0.1) is 9.90 Å². The maximum atomic E-state index is 12.6. The SMILES string of the molecule is C[C@@H](Nc1cnn(-c2ccccc2)n1)C(=O)N1CCC2(CC1)CC2. The third-order valence-electron chi connectivity index (χ3n) is 5.31. The van der Waals surface area contributed by atoms with Gasteiger partial charge in [-0.05, 0) is 50.2 Å². The number of amides is 1. The molecule has 0 radical (unpaired) electrons. The first-order valence-electron chi connectivity index (χ1n) is 8.68. The van der Waals surface area contributed by atoms with Crippen LogP contribution in [0.25, 0.3) is 5.69 Å². The zero-order valence-corrected chi connectivity index (χ0v) is 14.0. The third kappa shape index (κ3) is 3.00. The quantitative estimate of drug-likeness (QED) is 0.938. The molecule has 1 aliphatic carbocycles. The maximum absolute atomic E-state index is 12.6. The molecule has 0 unspecified atom stereocenters. The molecule has 1 saturated carbocycles. The Balaban J connectivity index is 1.36. The Morgan fingerprint density at radius 3 is 2.54 bits per heavy atom. The van der Waals surface area contributed by atoms with Crippen LogP contribution >= 0.6 is 0 Å². The number of carbonyl (C=O) groups is 1. The summed E-state index contributed by atoms with van der Waals surface area (Å²) < 4.78 is 0. The smallest absolute Gasteiger partial charge is 0.244 e. The minimum Gasteiger partial charge on any atom is -0.356 e. The summed E-state index contributed by atoms with van der Waals surface area (Å²) >= 11 is 0. The van der Waals surface area contributed by atoms with Crippen LogP contribution in [0.5, 0.6) is 0 Å². The molecule has 2 aromatic rings. The van der Waals surface area contributed by atoms with Gasteiger partial charge in [-0.3, -0.25) is 4.79 Å². The lowest BCUT2D eigenvalue weighted by Gasteiger charge is -2.33. The van der Waals surface area contributed by atoms with Crippen LogP contribution in [0.4, 0.5) is 5.82 Å². The van der Waals surface area contributed by atoms with Gasteiger partial charge in [0.25, 0.3) is 0 Å². The average molecular weight is 325 g/mol. The van der Waals surface area contributed by atoms with Crippen LogP contribution in [-0.4, -0.2) is 44.9 Å². The molecule has 4 rings (SSSR count). The highest BCUT2D eigenvalue weighted by atomic mass is 16.2. The second-order valence-corrected chi connectivity index (χ2v) is 7.05. The van der Waals surface area contributed by atoms with Gasteiger partial charge in [0.15, 0.2) is 5.82 Å². The van der Waals surface area contributed by atoms with Gasteiger partial charge in [-0.2, -0.15) is 5.10 Å². The van der Waals surface area contributed by atoms with Crippen molar-refractivity contribution in [2.75, 3.05) is 18.4 Å². The topological polar surface area (TPSA) is 63.1 Å². The first kappa shape index (κ1) is 15.2.